The summed E-state index contributed by atoms with van der Waals surface area (Å²) in [6.07, 6.45) is 7.52. The zero-order valence-electron chi connectivity index (χ0n) is 14.7. The second-order valence-corrected chi connectivity index (χ2v) is 6.95. The van der Waals surface area contributed by atoms with E-state index in [4.69, 9.17) is 0 Å². The van der Waals surface area contributed by atoms with Gasteiger partial charge in [0.2, 0.25) is 11.9 Å². The number of piperidine rings is 2. The molecule has 6 nitrogen and oxygen atoms in total. The van der Waals surface area contributed by atoms with Gasteiger partial charge in [-0.2, -0.15) is 0 Å². The van der Waals surface area contributed by atoms with Crippen LogP contribution in [0.15, 0.2) is 12.3 Å². The van der Waals surface area contributed by atoms with E-state index in [1.165, 1.54) is 32.4 Å². The van der Waals surface area contributed by atoms with Gasteiger partial charge in [0.15, 0.2) is 0 Å². The summed E-state index contributed by atoms with van der Waals surface area (Å²) >= 11 is 0. The van der Waals surface area contributed by atoms with Crippen molar-refractivity contribution in [3.05, 3.63) is 18.0 Å². The summed E-state index contributed by atoms with van der Waals surface area (Å²) in [6.45, 7) is 7.83. The van der Waals surface area contributed by atoms with E-state index in [1.54, 1.807) is 6.20 Å². The average molecular weight is 331 g/mol. The highest BCUT2D eigenvalue weighted by Gasteiger charge is 2.26. The molecule has 1 N–H and O–H groups in total. The predicted octanol–water partition coefficient (Wildman–Crippen LogP) is 1.60. The molecular weight excluding hydrogens is 302 g/mol. The van der Waals surface area contributed by atoms with E-state index in [2.05, 4.69) is 25.1 Å². The third-order valence-electron chi connectivity index (χ3n) is 5.11. The van der Waals surface area contributed by atoms with Crippen LogP contribution in [0.1, 0.15) is 37.8 Å². The summed E-state index contributed by atoms with van der Waals surface area (Å²) in [5, 5.41) is 3.13. The van der Waals surface area contributed by atoms with Crippen molar-refractivity contribution in [1.29, 1.82) is 0 Å². The lowest BCUT2D eigenvalue weighted by Crippen LogP contribution is -2.43. The number of carbonyl (C=O) groups excluding carboxylic acids is 1. The number of amides is 1. The lowest BCUT2D eigenvalue weighted by Gasteiger charge is -2.31. The van der Waals surface area contributed by atoms with Crippen LogP contribution in [0.3, 0.4) is 0 Å². The normalized spacial score (nSPS) is 20.1. The molecule has 3 heterocycles. The standard InChI is InChI=1S/C18H29N5O/c1-15-5-8-20-18(21-15)23-12-6-16(7-13-23)17(24)19-9-14-22-10-3-2-4-11-22/h5,8,16H,2-4,6-7,9-14H2,1H3,(H,19,24). The number of aromatic nitrogens is 2. The Morgan fingerprint density at radius 1 is 1.21 bits per heavy atom. The second-order valence-electron chi connectivity index (χ2n) is 6.95. The Balaban J connectivity index is 1.38. The van der Waals surface area contributed by atoms with Crippen LogP contribution >= 0.6 is 0 Å². The van der Waals surface area contributed by atoms with E-state index in [1.807, 2.05) is 13.0 Å². The minimum Gasteiger partial charge on any atom is -0.355 e. The molecule has 0 aromatic carbocycles. The largest absolute Gasteiger partial charge is 0.355 e. The summed E-state index contributed by atoms with van der Waals surface area (Å²) in [5.41, 5.74) is 0.984. The zero-order valence-corrected chi connectivity index (χ0v) is 14.7. The van der Waals surface area contributed by atoms with Gasteiger partial charge < -0.3 is 15.1 Å². The molecule has 1 aromatic heterocycles. The molecule has 0 radical (unpaired) electrons. The third-order valence-corrected chi connectivity index (χ3v) is 5.11. The van der Waals surface area contributed by atoms with Gasteiger partial charge in [0, 0.05) is 44.0 Å². The topological polar surface area (TPSA) is 61.4 Å². The van der Waals surface area contributed by atoms with Crippen LogP contribution in [0.4, 0.5) is 5.95 Å². The Hall–Kier alpha value is -1.69. The van der Waals surface area contributed by atoms with Crippen LogP contribution in [-0.4, -0.2) is 60.0 Å². The molecule has 1 amide bonds. The maximum atomic E-state index is 12.4. The lowest BCUT2D eigenvalue weighted by molar-refractivity contribution is -0.125. The SMILES string of the molecule is Cc1ccnc(N2CCC(C(=O)NCCN3CCCCC3)CC2)n1. The summed E-state index contributed by atoms with van der Waals surface area (Å²) in [6, 6.07) is 1.91. The number of hydrogen-bond donors (Lipinski definition) is 1. The molecule has 0 atom stereocenters. The molecule has 24 heavy (non-hydrogen) atoms. The van der Waals surface area contributed by atoms with E-state index in [0.717, 1.165) is 50.7 Å². The van der Waals surface area contributed by atoms with Crippen LogP contribution in [-0.2, 0) is 4.79 Å². The van der Waals surface area contributed by atoms with E-state index in [0.29, 0.717) is 0 Å². The van der Waals surface area contributed by atoms with Crippen LogP contribution in [0, 0.1) is 12.8 Å². The Labute approximate surface area is 144 Å². The summed E-state index contributed by atoms with van der Waals surface area (Å²) in [4.78, 5) is 25.8. The summed E-state index contributed by atoms with van der Waals surface area (Å²) in [7, 11) is 0. The number of nitrogens with one attached hydrogen (secondary N) is 1. The van der Waals surface area contributed by atoms with E-state index in [-0.39, 0.29) is 11.8 Å². The molecule has 0 spiro atoms. The first kappa shape index (κ1) is 17.1. The van der Waals surface area contributed by atoms with Gasteiger partial charge in [-0.15, -0.1) is 0 Å². The predicted molar refractivity (Wildman–Crippen MR) is 95.0 cm³/mol. The molecule has 2 aliphatic heterocycles. The quantitative estimate of drug-likeness (QED) is 0.888. The van der Waals surface area contributed by atoms with Crippen molar-refractivity contribution < 1.29 is 4.79 Å². The minimum absolute atomic E-state index is 0.132. The van der Waals surface area contributed by atoms with Crippen molar-refractivity contribution >= 4 is 11.9 Å². The van der Waals surface area contributed by atoms with Gasteiger partial charge in [0.25, 0.3) is 0 Å². The number of carbonyl (C=O) groups is 1. The fourth-order valence-electron chi connectivity index (χ4n) is 3.59. The lowest BCUT2D eigenvalue weighted by atomic mass is 9.96. The highest BCUT2D eigenvalue weighted by Crippen LogP contribution is 2.20. The van der Waals surface area contributed by atoms with Crippen molar-refractivity contribution in [3.63, 3.8) is 0 Å². The Kier molecular flexibility index (Phi) is 6.01. The smallest absolute Gasteiger partial charge is 0.225 e. The molecule has 0 aliphatic carbocycles. The molecule has 6 heteroatoms. The fourth-order valence-corrected chi connectivity index (χ4v) is 3.59. The first-order chi connectivity index (χ1) is 11.7. The van der Waals surface area contributed by atoms with Gasteiger partial charge >= 0.3 is 0 Å². The van der Waals surface area contributed by atoms with Gasteiger partial charge in [-0.1, -0.05) is 6.42 Å². The van der Waals surface area contributed by atoms with Crippen molar-refractivity contribution in [2.45, 2.75) is 39.0 Å². The highest BCUT2D eigenvalue weighted by atomic mass is 16.1. The van der Waals surface area contributed by atoms with Crippen molar-refractivity contribution in [2.24, 2.45) is 5.92 Å². The summed E-state index contributed by atoms with van der Waals surface area (Å²) < 4.78 is 0. The van der Waals surface area contributed by atoms with Crippen LogP contribution < -0.4 is 10.2 Å². The van der Waals surface area contributed by atoms with E-state index in [9.17, 15) is 4.79 Å². The number of likely N-dealkylation sites (tertiary alicyclic amines) is 1. The second kappa shape index (κ2) is 8.42. The van der Waals surface area contributed by atoms with E-state index < -0.39 is 0 Å². The minimum atomic E-state index is 0.132. The van der Waals surface area contributed by atoms with E-state index >= 15 is 0 Å². The Morgan fingerprint density at radius 2 is 1.96 bits per heavy atom. The van der Waals surface area contributed by atoms with Crippen LogP contribution in [0.2, 0.25) is 0 Å². The van der Waals surface area contributed by atoms with Gasteiger partial charge in [-0.3, -0.25) is 4.79 Å². The Bertz CT molecular complexity index is 536. The molecule has 2 saturated heterocycles. The first-order valence-corrected chi connectivity index (χ1v) is 9.27. The van der Waals surface area contributed by atoms with Gasteiger partial charge in [0.05, 0.1) is 0 Å². The molecule has 0 bridgehead atoms. The fraction of sp³-hybridized carbons (Fsp3) is 0.722. The number of nitrogens with zero attached hydrogens (tertiary/aromatic N) is 4. The molecule has 0 saturated carbocycles. The zero-order chi connectivity index (χ0) is 16.8. The molecular formula is C18H29N5O. The monoisotopic (exact) mass is 331 g/mol. The van der Waals surface area contributed by atoms with Crippen molar-refractivity contribution in [1.82, 2.24) is 20.2 Å². The number of hydrogen-bond acceptors (Lipinski definition) is 5. The number of rotatable bonds is 5. The average Bonchev–Trinajstić information content (AvgIpc) is 2.63. The molecule has 0 unspecified atom stereocenters. The Morgan fingerprint density at radius 3 is 2.67 bits per heavy atom. The van der Waals surface area contributed by atoms with Gasteiger partial charge in [-0.05, 0) is 51.8 Å². The molecule has 1 aromatic rings. The van der Waals surface area contributed by atoms with Crippen molar-refractivity contribution in [2.75, 3.05) is 44.2 Å². The first-order valence-electron chi connectivity index (χ1n) is 9.27. The maximum Gasteiger partial charge on any atom is 0.225 e. The summed E-state index contributed by atoms with van der Waals surface area (Å²) in [5.74, 6) is 1.14. The molecule has 132 valence electrons. The van der Waals surface area contributed by atoms with Crippen LogP contribution in [0.5, 0.6) is 0 Å². The highest BCUT2D eigenvalue weighted by molar-refractivity contribution is 5.78. The number of anilines is 1. The van der Waals surface area contributed by atoms with Crippen LogP contribution in [0.25, 0.3) is 0 Å². The molecule has 2 aliphatic rings. The number of aryl methyl sites for hydroxylation is 1. The maximum absolute atomic E-state index is 12.4. The van der Waals surface area contributed by atoms with Crippen molar-refractivity contribution in [3.8, 4) is 0 Å². The molecule has 2 fully saturated rings. The molecule has 3 rings (SSSR count). The third kappa shape index (κ3) is 4.66. The van der Waals surface area contributed by atoms with Gasteiger partial charge in [-0.25, -0.2) is 9.97 Å². The van der Waals surface area contributed by atoms with Gasteiger partial charge in [0.1, 0.15) is 0 Å².